The number of rotatable bonds is 0. The number of hydrogen-bond donors (Lipinski definition) is 0. The molecular formula is C5H8Cl3Nb. The molecule has 1 aliphatic rings. The Morgan fingerprint density at radius 1 is 1.22 bits per heavy atom. The van der Waals surface area contributed by atoms with E-state index in [-0.39, 0.29) is 37.2 Å². The van der Waals surface area contributed by atoms with Gasteiger partial charge in [-0.15, -0.1) is 37.2 Å². The van der Waals surface area contributed by atoms with Gasteiger partial charge in [-0.05, 0) is 0 Å². The van der Waals surface area contributed by atoms with Gasteiger partial charge in [-0.1, -0.05) is 0 Å². The molecule has 0 amide bonds. The molecule has 0 fully saturated rings. The Labute approximate surface area is 86.3 Å². The van der Waals surface area contributed by atoms with Crippen LogP contribution in [0, 0.1) is 0 Å². The fraction of sp³-hybridized carbons (Fsp3) is 0.200. The van der Waals surface area contributed by atoms with E-state index in [0.717, 1.165) is 0 Å². The fourth-order valence-electron chi connectivity index (χ4n) is 0.436. The Bertz CT molecular complexity index is 109. The maximum atomic E-state index is 2.17. The molecule has 0 bridgehead atoms. The number of allylic oxidation sites excluding steroid dienone is 4. The molecule has 54 valence electrons. The first-order valence-electron chi connectivity index (χ1n) is 1.94. The minimum absolute atomic E-state index is 0. The standard InChI is InChI=1S/C5H5.3ClH.Nb/c1-2-4-5-3-1;;;;/h1-3H,4H2;3*1H;. The summed E-state index contributed by atoms with van der Waals surface area (Å²) in [6, 6.07) is 0. The van der Waals surface area contributed by atoms with Gasteiger partial charge >= 0.3 is 49.5 Å². The van der Waals surface area contributed by atoms with E-state index in [2.05, 4.69) is 18.2 Å². The molecule has 0 heterocycles. The summed E-state index contributed by atoms with van der Waals surface area (Å²) in [5.41, 5.74) is 0. The van der Waals surface area contributed by atoms with Crippen molar-refractivity contribution in [1.29, 1.82) is 0 Å². The number of halogens is 3. The molecule has 4 heteroatoms. The summed E-state index contributed by atoms with van der Waals surface area (Å²) in [5.74, 6) is 0. The summed E-state index contributed by atoms with van der Waals surface area (Å²) in [6.45, 7) is 0. The zero-order valence-corrected chi connectivity index (χ0v) is 9.26. The van der Waals surface area contributed by atoms with Gasteiger partial charge in [0.2, 0.25) is 0 Å². The summed E-state index contributed by atoms with van der Waals surface area (Å²) in [7, 11) is 0. The molecule has 0 aromatic carbocycles. The van der Waals surface area contributed by atoms with Crippen LogP contribution >= 0.6 is 37.2 Å². The molecule has 0 radical (unpaired) electrons. The first-order valence-corrected chi connectivity index (χ1v) is 3.04. The second-order valence-electron chi connectivity index (χ2n) is 1.29. The Morgan fingerprint density at radius 2 is 1.78 bits per heavy atom. The van der Waals surface area contributed by atoms with Crippen molar-refractivity contribution >= 4 is 37.2 Å². The van der Waals surface area contributed by atoms with Crippen LogP contribution in [0.1, 0.15) is 6.42 Å². The third-order valence-corrected chi connectivity index (χ3v) is 1.57. The van der Waals surface area contributed by atoms with Gasteiger partial charge in [0, 0.05) is 0 Å². The molecular weight excluding hydrogens is 259 g/mol. The molecule has 0 saturated carbocycles. The average molecular weight is 267 g/mol. The van der Waals surface area contributed by atoms with Gasteiger partial charge in [0.25, 0.3) is 0 Å². The molecule has 0 aromatic heterocycles. The van der Waals surface area contributed by atoms with Gasteiger partial charge in [0.05, 0.1) is 0 Å². The van der Waals surface area contributed by atoms with Crippen molar-refractivity contribution in [2.24, 2.45) is 0 Å². The average Bonchev–Trinajstić information content (AvgIpc) is 1.86. The van der Waals surface area contributed by atoms with Crippen LogP contribution in [-0.4, -0.2) is 0 Å². The first-order chi connectivity index (χ1) is 2.89. The second-order valence-corrected chi connectivity index (χ2v) is 2.70. The molecule has 0 aromatic rings. The van der Waals surface area contributed by atoms with E-state index in [9.17, 15) is 0 Å². The summed E-state index contributed by atoms with van der Waals surface area (Å²) in [5, 5.41) is 0. The van der Waals surface area contributed by atoms with Crippen molar-refractivity contribution in [2.45, 2.75) is 6.42 Å². The molecule has 0 spiro atoms. The maximum absolute atomic E-state index is 2.17. The van der Waals surface area contributed by atoms with Crippen LogP contribution in [0.15, 0.2) is 22.0 Å². The molecule has 0 unspecified atom stereocenters. The van der Waals surface area contributed by atoms with Crippen molar-refractivity contribution in [1.82, 2.24) is 0 Å². The van der Waals surface area contributed by atoms with Crippen LogP contribution < -0.4 is 0 Å². The monoisotopic (exact) mass is 266 g/mol. The zero-order chi connectivity index (χ0) is 4.41. The Balaban J connectivity index is -0.000000120. The zero-order valence-electron chi connectivity index (χ0n) is 4.61. The van der Waals surface area contributed by atoms with Gasteiger partial charge in [0.1, 0.15) is 0 Å². The fourth-order valence-corrected chi connectivity index (χ4v) is 0.907. The molecule has 0 atom stereocenters. The van der Waals surface area contributed by atoms with E-state index in [0.29, 0.717) is 0 Å². The van der Waals surface area contributed by atoms with Gasteiger partial charge in [-0.25, -0.2) is 0 Å². The quantitative estimate of drug-likeness (QED) is 0.592. The van der Waals surface area contributed by atoms with Crippen LogP contribution in [-0.2, 0) is 21.1 Å². The summed E-state index contributed by atoms with van der Waals surface area (Å²) >= 11 is 1.82. The van der Waals surface area contributed by atoms with E-state index in [1.54, 1.807) is 0 Å². The van der Waals surface area contributed by atoms with Gasteiger partial charge in [-0.2, -0.15) is 0 Å². The van der Waals surface area contributed by atoms with E-state index < -0.39 is 0 Å². The normalized spacial score (nSPS) is 12.2. The molecule has 0 nitrogen and oxygen atoms in total. The molecule has 0 N–H and O–H groups in total. The van der Waals surface area contributed by atoms with Crippen LogP contribution in [0.25, 0.3) is 0 Å². The molecule has 0 aliphatic heterocycles. The van der Waals surface area contributed by atoms with Gasteiger partial charge in [0.15, 0.2) is 0 Å². The molecule has 9 heavy (non-hydrogen) atoms. The first kappa shape index (κ1) is 16.6. The summed E-state index contributed by atoms with van der Waals surface area (Å²) < 4.78 is 1.52. The van der Waals surface area contributed by atoms with Crippen LogP contribution in [0.2, 0.25) is 0 Å². The predicted octanol–water partition coefficient (Wildman–Crippen LogP) is 2.64. The van der Waals surface area contributed by atoms with Crippen molar-refractivity contribution < 1.29 is 21.1 Å². The van der Waals surface area contributed by atoms with E-state index >= 15 is 0 Å². The molecule has 1 aliphatic carbocycles. The van der Waals surface area contributed by atoms with Crippen LogP contribution in [0.5, 0.6) is 0 Å². The minimum atomic E-state index is 0. The van der Waals surface area contributed by atoms with E-state index in [1.165, 1.54) is 10.2 Å². The van der Waals surface area contributed by atoms with Crippen molar-refractivity contribution in [2.75, 3.05) is 0 Å². The van der Waals surface area contributed by atoms with Crippen LogP contribution in [0.3, 0.4) is 0 Å². The van der Waals surface area contributed by atoms with Gasteiger partial charge < -0.3 is 0 Å². The third-order valence-electron chi connectivity index (χ3n) is 0.752. The summed E-state index contributed by atoms with van der Waals surface area (Å²) in [6.07, 6.45) is 7.63. The third kappa shape index (κ3) is 6.98. The number of hydrogen-bond acceptors (Lipinski definition) is 0. The topological polar surface area (TPSA) is 0 Å². The van der Waals surface area contributed by atoms with E-state index in [4.69, 9.17) is 0 Å². The molecule has 0 saturated heterocycles. The Hall–Kier alpha value is 1.09. The van der Waals surface area contributed by atoms with Gasteiger partial charge in [-0.3, -0.25) is 0 Å². The SMILES string of the molecule is Cl.Cl.Cl.[Nb][C]1=CC=CC1. The van der Waals surface area contributed by atoms with E-state index in [1.807, 2.05) is 21.1 Å². The van der Waals surface area contributed by atoms with Crippen LogP contribution in [0.4, 0.5) is 0 Å². The molecule has 1 rings (SSSR count). The Kier molecular flexibility index (Phi) is 16.8. The van der Waals surface area contributed by atoms with Crippen molar-refractivity contribution in [3.05, 3.63) is 22.0 Å². The second kappa shape index (κ2) is 9.09. The van der Waals surface area contributed by atoms with Crippen molar-refractivity contribution in [3.8, 4) is 0 Å². The van der Waals surface area contributed by atoms with Crippen molar-refractivity contribution in [3.63, 3.8) is 0 Å². The summed E-state index contributed by atoms with van der Waals surface area (Å²) in [4.78, 5) is 0. The Morgan fingerprint density at radius 3 is 1.89 bits per heavy atom. The predicted molar refractivity (Wildman–Crippen MR) is 43.6 cm³/mol.